The largest absolute Gasteiger partial charge is 0.507 e. The number of phenolic OH excluding ortho intramolecular Hbond substituents is 1. The molecule has 1 heterocycles. The molecule has 0 unspecified atom stereocenters. The van der Waals surface area contributed by atoms with Crippen LogP contribution in [0.5, 0.6) is 5.75 Å². The topological polar surface area (TPSA) is 124 Å². The van der Waals surface area contributed by atoms with Crippen LogP contribution in [0.25, 0.3) is 16.8 Å². The average molecular weight is 522 g/mol. The molecule has 3 N–H and O–H groups in total. The van der Waals surface area contributed by atoms with Crippen LogP contribution in [0.3, 0.4) is 0 Å². The van der Waals surface area contributed by atoms with Crippen LogP contribution in [0.4, 0.5) is 4.79 Å². The van der Waals surface area contributed by atoms with Gasteiger partial charge in [-0.3, -0.25) is 9.59 Å². The lowest BCUT2D eigenvalue weighted by Crippen LogP contribution is -2.39. The number of allylic oxidation sites excluding steroid dienone is 2. The summed E-state index contributed by atoms with van der Waals surface area (Å²) in [5.74, 6) is -3.50. The number of methoxy groups -OCH3 is 1. The van der Waals surface area contributed by atoms with E-state index < -0.39 is 48.4 Å². The minimum absolute atomic E-state index is 0.226. The van der Waals surface area contributed by atoms with E-state index in [2.05, 4.69) is 17.7 Å². The highest BCUT2D eigenvalue weighted by Crippen LogP contribution is 2.46. The molecule has 1 fully saturated rings. The molecule has 0 bridgehead atoms. The maximum absolute atomic E-state index is 13.0. The molecule has 0 spiro atoms. The maximum Gasteiger partial charge on any atom is 0.423 e. The van der Waals surface area contributed by atoms with E-state index >= 15 is 0 Å². The Hall–Kier alpha value is -3.49. The first-order valence-electron chi connectivity index (χ1n) is 13.1. The van der Waals surface area contributed by atoms with Gasteiger partial charge < -0.3 is 20.1 Å². The number of aliphatic hydroxyl groups excluding tert-OH is 2. The van der Waals surface area contributed by atoms with Crippen LogP contribution in [0.2, 0.25) is 0 Å². The summed E-state index contributed by atoms with van der Waals surface area (Å²) in [4.78, 5) is 38.5. The molecule has 4 rings (SSSR count). The van der Waals surface area contributed by atoms with Gasteiger partial charge in [0.05, 0.1) is 31.7 Å². The van der Waals surface area contributed by atoms with Crippen molar-refractivity contribution in [1.29, 1.82) is 0 Å². The van der Waals surface area contributed by atoms with Crippen LogP contribution in [0, 0.1) is 17.8 Å². The molecule has 2 aromatic rings. The number of aliphatic hydroxyl groups is 2. The summed E-state index contributed by atoms with van der Waals surface area (Å²) in [5.41, 5.74) is 3.46. The van der Waals surface area contributed by atoms with Gasteiger partial charge in [0.25, 0.3) is 0 Å². The van der Waals surface area contributed by atoms with Gasteiger partial charge >= 0.3 is 6.09 Å². The van der Waals surface area contributed by atoms with E-state index in [0.29, 0.717) is 23.3 Å². The zero-order valence-corrected chi connectivity index (χ0v) is 22.0. The number of hydrogen-bond acceptors (Lipinski definition) is 7. The standard InChI is InChI=1S/C30H35NO7/c1-4-7-18(15-19-11-13-24(33)21-9-6-5-8-20(19)21)10-12-25(34)26-17(2)14-22-27(23(26)16-32)29(36)31(28(22)35)30(37)38-3/h5-6,8-9,11,13,15,22-23,25,27,32-34H,4,7,10,12,14,16H2,1-3H3/b18-15+/t22-,23+,25-,27-/m1/s1. The van der Waals surface area contributed by atoms with Crippen molar-refractivity contribution in [2.24, 2.45) is 17.8 Å². The highest BCUT2D eigenvalue weighted by atomic mass is 16.5. The Morgan fingerprint density at radius 2 is 1.84 bits per heavy atom. The number of benzene rings is 2. The third kappa shape index (κ3) is 4.98. The van der Waals surface area contributed by atoms with Crippen molar-refractivity contribution in [3.05, 3.63) is 58.7 Å². The second kappa shape index (κ2) is 11.5. The fourth-order valence-electron chi connectivity index (χ4n) is 6.11. The Bertz CT molecular complexity index is 1310. The molecule has 2 aromatic carbocycles. The van der Waals surface area contributed by atoms with E-state index in [1.807, 2.05) is 30.3 Å². The Morgan fingerprint density at radius 1 is 1.13 bits per heavy atom. The molecular formula is C30H35NO7. The number of rotatable bonds is 8. The average Bonchev–Trinajstić information content (AvgIpc) is 3.16. The van der Waals surface area contributed by atoms with Gasteiger partial charge in [0.1, 0.15) is 5.75 Å². The summed E-state index contributed by atoms with van der Waals surface area (Å²) >= 11 is 0. The number of nitrogens with zero attached hydrogens (tertiary/aromatic N) is 1. The number of carbonyl (C=O) groups excluding carboxylic acids is 3. The van der Waals surface area contributed by atoms with Gasteiger partial charge in [-0.15, -0.1) is 0 Å². The minimum atomic E-state index is -1.03. The van der Waals surface area contributed by atoms with Crippen molar-refractivity contribution in [2.45, 2.75) is 52.1 Å². The normalized spacial score (nSPS) is 22.7. The van der Waals surface area contributed by atoms with Crippen molar-refractivity contribution in [1.82, 2.24) is 4.90 Å². The molecule has 1 saturated heterocycles. The van der Waals surface area contributed by atoms with Crippen LogP contribution in [-0.2, 0) is 14.3 Å². The van der Waals surface area contributed by atoms with Crippen LogP contribution < -0.4 is 0 Å². The minimum Gasteiger partial charge on any atom is -0.507 e. The number of aromatic hydroxyl groups is 1. The van der Waals surface area contributed by atoms with Gasteiger partial charge in [0.2, 0.25) is 11.8 Å². The summed E-state index contributed by atoms with van der Waals surface area (Å²) in [6.07, 6.45) is 3.12. The van der Waals surface area contributed by atoms with Crippen molar-refractivity contribution in [3.63, 3.8) is 0 Å². The van der Waals surface area contributed by atoms with Gasteiger partial charge in [-0.2, -0.15) is 4.90 Å². The van der Waals surface area contributed by atoms with E-state index in [0.717, 1.165) is 47.4 Å². The Kier molecular flexibility index (Phi) is 8.33. The van der Waals surface area contributed by atoms with Crippen LogP contribution in [0.15, 0.2) is 53.1 Å². The monoisotopic (exact) mass is 521 g/mol. The van der Waals surface area contributed by atoms with Crippen molar-refractivity contribution < 1.29 is 34.4 Å². The van der Waals surface area contributed by atoms with Gasteiger partial charge in [0.15, 0.2) is 0 Å². The van der Waals surface area contributed by atoms with Gasteiger partial charge in [0, 0.05) is 11.3 Å². The number of ether oxygens (including phenoxy) is 1. The SMILES string of the molecule is CCC/C(=C\c1ccc(O)c2ccccc12)CC[C@@H](O)C1=C(C)C[C@H]2C(=O)N(C(=O)OC)C(=O)[C@H]2[C@H]1CO. The molecule has 8 nitrogen and oxygen atoms in total. The summed E-state index contributed by atoms with van der Waals surface area (Å²) in [5, 5.41) is 33.5. The van der Waals surface area contributed by atoms with Gasteiger partial charge in [-0.05, 0) is 55.2 Å². The Balaban J connectivity index is 1.57. The highest BCUT2D eigenvalue weighted by molar-refractivity contribution is 6.16. The molecule has 1 aliphatic heterocycles. The summed E-state index contributed by atoms with van der Waals surface area (Å²) in [6.45, 7) is 3.47. The fourth-order valence-corrected chi connectivity index (χ4v) is 6.11. The lowest BCUT2D eigenvalue weighted by Gasteiger charge is -2.35. The smallest absolute Gasteiger partial charge is 0.423 e. The second-order valence-corrected chi connectivity index (χ2v) is 10.2. The van der Waals surface area contributed by atoms with Crippen molar-refractivity contribution in [2.75, 3.05) is 13.7 Å². The maximum atomic E-state index is 13.0. The number of carbonyl (C=O) groups is 3. The van der Waals surface area contributed by atoms with Crippen molar-refractivity contribution >= 4 is 34.8 Å². The van der Waals surface area contributed by atoms with Crippen LogP contribution >= 0.6 is 0 Å². The molecule has 4 atom stereocenters. The van der Waals surface area contributed by atoms with E-state index in [1.54, 1.807) is 13.0 Å². The molecule has 0 saturated carbocycles. The highest BCUT2D eigenvalue weighted by Gasteiger charge is 2.56. The molecule has 0 aromatic heterocycles. The third-order valence-electron chi connectivity index (χ3n) is 7.85. The van der Waals surface area contributed by atoms with Crippen LogP contribution in [-0.4, -0.2) is 57.9 Å². The van der Waals surface area contributed by atoms with Gasteiger partial charge in [-0.25, -0.2) is 4.79 Å². The first-order valence-corrected chi connectivity index (χ1v) is 13.1. The third-order valence-corrected chi connectivity index (χ3v) is 7.85. The number of fused-ring (bicyclic) bond motifs is 2. The molecule has 38 heavy (non-hydrogen) atoms. The Morgan fingerprint density at radius 3 is 2.50 bits per heavy atom. The van der Waals surface area contributed by atoms with E-state index in [9.17, 15) is 29.7 Å². The Labute approximate surface area is 222 Å². The molecule has 3 amide bonds. The molecule has 202 valence electrons. The zero-order chi connectivity index (χ0) is 27.6. The number of amides is 3. The molecular weight excluding hydrogens is 486 g/mol. The molecule has 2 aliphatic rings. The predicted molar refractivity (Wildman–Crippen MR) is 143 cm³/mol. The number of phenols is 1. The number of hydrogen-bond donors (Lipinski definition) is 3. The van der Waals surface area contributed by atoms with Crippen molar-refractivity contribution in [3.8, 4) is 5.75 Å². The van der Waals surface area contributed by atoms with E-state index in [-0.39, 0.29) is 12.2 Å². The van der Waals surface area contributed by atoms with Gasteiger partial charge in [-0.1, -0.05) is 60.9 Å². The molecule has 0 radical (unpaired) electrons. The lowest BCUT2D eigenvalue weighted by molar-refractivity contribution is -0.137. The zero-order valence-electron chi connectivity index (χ0n) is 22.0. The van der Waals surface area contributed by atoms with E-state index in [1.165, 1.54) is 0 Å². The summed E-state index contributed by atoms with van der Waals surface area (Å²) in [6, 6.07) is 11.2. The second-order valence-electron chi connectivity index (χ2n) is 10.2. The van der Waals surface area contributed by atoms with Crippen LogP contribution in [0.1, 0.15) is 51.5 Å². The first kappa shape index (κ1) is 27.5. The predicted octanol–water partition coefficient (Wildman–Crippen LogP) is 4.57. The van der Waals surface area contributed by atoms with E-state index in [4.69, 9.17) is 0 Å². The first-order chi connectivity index (χ1) is 18.2. The lowest BCUT2D eigenvalue weighted by atomic mass is 9.68. The molecule has 8 heteroatoms. The number of imide groups is 3. The number of likely N-dealkylation sites (tertiary alicyclic amines) is 1. The summed E-state index contributed by atoms with van der Waals surface area (Å²) in [7, 11) is 1.11. The fraction of sp³-hybridized carbons (Fsp3) is 0.433. The summed E-state index contributed by atoms with van der Waals surface area (Å²) < 4.78 is 4.62. The molecule has 1 aliphatic carbocycles. The quantitative estimate of drug-likeness (QED) is 0.343.